The number of amides is 1. The Morgan fingerprint density at radius 2 is 2.17 bits per heavy atom. The van der Waals surface area contributed by atoms with Crippen LogP contribution in [-0.2, 0) is 4.79 Å². The van der Waals surface area contributed by atoms with E-state index in [0.717, 1.165) is 16.9 Å². The van der Waals surface area contributed by atoms with Gasteiger partial charge in [-0.2, -0.15) is 10.2 Å². The number of carbonyl (C=O) groups is 1. The maximum Gasteiger partial charge on any atom is 0.230 e. The number of aromatic amines is 1. The molecule has 1 unspecified atom stereocenters. The highest BCUT2D eigenvalue weighted by Crippen LogP contribution is 2.20. The van der Waals surface area contributed by atoms with E-state index in [4.69, 9.17) is 0 Å². The summed E-state index contributed by atoms with van der Waals surface area (Å²) < 4.78 is 1.88. The van der Waals surface area contributed by atoms with Crippen molar-refractivity contribution in [1.82, 2.24) is 30.3 Å². The summed E-state index contributed by atoms with van der Waals surface area (Å²) in [4.78, 5) is 16.1. The predicted molar refractivity (Wildman–Crippen MR) is 92.0 cm³/mol. The molecule has 3 aromatic rings. The number of H-pyrrole nitrogens is 1. The minimum atomic E-state index is -0.120. The number of thioether (sulfide) groups is 1. The van der Waals surface area contributed by atoms with Gasteiger partial charge in [-0.3, -0.25) is 9.89 Å². The fraction of sp³-hybridized carbons (Fsp3) is 0.250. The van der Waals surface area contributed by atoms with Crippen LogP contribution < -0.4 is 5.32 Å². The lowest BCUT2D eigenvalue weighted by molar-refractivity contribution is -0.119. The van der Waals surface area contributed by atoms with Crippen molar-refractivity contribution in [3.63, 3.8) is 0 Å². The second kappa shape index (κ2) is 7.31. The molecule has 0 spiro atoms. The van der Waals surface area contributed by atoms with Crippen LogP contribution in [0.5, 0.6) is 0 Å². The monoisotopic (exact) mass is 342 g/mol. The number of para-hydroxylation sites is 1. The molecule has 2 aromatic heterocycles. The molecule has 8 heteroatoms. The molecular formula is C16H18N6OS. The average molecular weight is 342 g/mol. The molecule has 1 aromatic carbocycles. The summed E-state index contributed by atoms with van der Waals surface area (Å²) in [7, 11) is 0. The van der Waals surface area contributed by atoms with E-state index in [1.807, 2.05) is 48.9 Å². The van der Waals surface area contributed by atoms with Crippen molar-refractivity contribution in [3.05, 3.63) is 54.1 Å². The van der Waals surface area contributed by atoms with Crippen molar-refractivity contribution in [2.45, 2.75) is 25.0 Å². The molecule has 0 saturated heterocycles. The van der Waals surface area contributed by atoms with Gasteiger partial charge in [0, 0.05) is 11.3 Å². The van der Waals surface area contributed by atoms with Crippen LogP contribution in [0, 0.1) is 6.92 Å². The van der Waals surface area contributed by atoms with Crippen LogP contribution >= 0.6 is 11.8 Å². The number of hydrogen-bond donors (Lipinski definition) is 2. The third kappa shape index (κ3) is 3.65. The topological polar surface area (TPSA) is 88.5 Å². The SMILES string of the molecule is Cc1c(C(C)NC(=O)CSc2ncn[nH]2)cnn1-c1ccccc1. The zero-order chi connectivity index (χ0) is 16.9. The third-order valence-corrected chi connectivity index (χ3v) is 4.50. The highest BCUT2D eigenvalue weighted by atomic mass is 32.2. The number of carbonyl (C=O) groups excluding carboxylic acids is 1. The Morgan fingerprint density at radius 3 is 2.88 bits per heavy atom. The zero-order valence-electron chi connectivity index (χ0n) is 13.4. The van der Waals surface area contributed by atoms with Gasteiger partial charge in [0.2, 0.25) is 5.91 Å². The Bertz CT molecular complexity index is 799. The van der Waals surface area contributed by atoms with Gasteiger partial charge < -0.3 is 5.32 Å². The van der Waals surface area contributed by atoms with Gasteiger partial charge in [0.1, 0.15) is 6.33 Å². The van der Waals surface area contributed by atoms with E-state index in [0.29, 0.717) is 5.16 Å². The van der Waals surface area contributed by atoms with E-state index in [1.165, 1.54) is 18.1 Å². The Hall–Kier alpha value is -2.61. The van der Waals surface area contributed by atoms with Crippen molar-refractivity contribution < 1.29 is 4.79 Å². The van der Waals surface area contributed by atoms with E-state index in [-0.39, 0.29) is 17.7 Å². The van der Waals surface area contributed by atoms with E-state index in [9.17, 15) is 4.79 Å². The Morgan fingerprint density at radius 1 is 1.38 bits per heavy atom. The van der Waals surface area contributed by atoms with Crippen molar-refractivity contribution in [2.24, 2.45) is 0 Å². The molecule has 2 heterocycles. The molecule has 3 rings (SSSR count). The second-order valence-electron chi connectivity index (χ2n) is 5.30. The normalized spacial score (nSPS) is 12.1. The quantitative estimate of drug-likeness (QED) is 0.671. The molecule has 0 fully saturated rings. The fourth-order valence-electron chi connectivity index (χ4n) is 2.44. The van der Waals surface area contributed by atoms with E-state index in [1.54, 1.807) is 6.20 Å². The first-order chi connectivity index (χ1) is 11.6. The zero-order valence-corrected chi connectivity index (χ0v) is 14.2. The van der Waals surface area contributed by atoms with Crippen molar-refractivity contribution >= 4 is 17.7 Å². The molecule has 2 N–H and O–H groups in total. The minimum Gasteiger partial charge on any atom is -0.349 e. The van der Waals surface area contributed by atoms with Gasteiger partial charge in [-0.05, 0) is 26.0 Å². The van der Waals surface area contributed by atoms with Gasteiger partial charge in [0.25, 0.3) is 0 Å². The highest BCUT2D eigenvalue weighted by Gasteiger charge is 2.16. The number of rotatable bonds is 6. The lowest BCUT2D eigenvalue weighted by atomic mass is 10.1. The number of hydrogen-bond acceptors (Lipinski definition) is 5. The summed E-state index contributed by atoms with van der Waals surface area (Å²) in [6.45, 7) is 3.96. The molecule has 0 aliphatic heterocycles. The van der Waals surface area contributed by atoms with Crippen LogP contribution in [0.1, 0.15) is 24.2 Å². The van der Waals surface area contributed by atoms with Gasteiger partial charge in [0.15, 0.2) is 5.16 Å². The lowest BCUT2D eigenvalue weighted by Crippen LogP contribution is -2.28. The first-order valence-corrected chi connectivity index (χ1v) is 8.51. The molecule has 1 atom stereocenters. The Kier molecular flexibility index (Phi) is 4.95. The summed E-state index contributed by atoms with van der Waals surface area (Å²) >= 11 is 1.32. The van der Waals surface area contributed by atoms with Crippen LogP contribution in [-0.4, -0.2) is 36.6 Å². The van der Waals surface area contributed by atoms with Crippen LogP contribution in [0.2, 0.25) is 0 Å². The summed E-state index contributed by atoms with van der Waals surface area (Å²) in [5.74, 6) is 0.224. The predicted octanol–water partition coefficient (Wildman–Crippen LogP) is 2.27. The van der Waals surface area contributed by atoms with Crippen molar-refractivity contribution in [1.29, 1.82) is 0 Å². The number of aromatic nitrogens is 5. The summed E-state index contributed by atoms with van der Waals surface area (Å²) in [6.07, 6.45) is 3.22. The summed E-state index contributed by atoms with van der Waals surface area (Å²) in [6, 6.07) is 9.80. The highest BCUT2D eigenvalue weighted by molar-refractivity contribution is 7.99. The van der Waals surface area contributed by atoms with Gasteiger partial charge >= 0.3 is 0 Å². The molecule has 0 radical (unpaired) electrons. The maximum atomic E-state index is 12.1. The Labute approximate surface area is 143 Å². The van der Waals surface area contributed by atoms with Crippen LogP contribution in [0.25, 0.3) is 5.69 Å². The third-order valence-electron chi connectivity index (χ3n) is 3.63. The lowest BCUT2D eigenvalue weighted by Gasteiger charge is -2.14. The van der Waals surface area contributed by atoms with Crippen LogP contribution in [0.3, 0.4) is 0 Å². The molecule has 0 aliphatic carbocycles. The van der Waals surface area contributed by atoms with E-state index in [2.05, 4.69) is 25.6 Å². The Balaban J connectivity index is 1.64. The van der Waals surface area contributed by atoms with Gasteiger partial charge in [-0.15, -0.1) is 0 Å². The maximum absolute atomic E-state index is 12.1. The number of benzene rings is 1. The number of nitrogens with one attached hydrogen (secondary N) is 2. The van der Waals surface area contributed by atoms with Crippen LogP contribution in [0.4, 0.5) is 0 Å². The van der Waals surface area contributed by atoms with Crippen molar-refractivity contribution in [2.75, 3.05) is 5.75 Å². The fourth-order valence-corrected chi connectivity index (χ4v) is 3.03. The average Bonchev–Trinajstić information content (AvgIpc) is 3.23. The molecule has 7 nitrogen and oxygen atoms in total. The van der Waals surface area contributed by atoms with E-state index >= 15 is 0 Å². The van der Waals surface area contributed by atoms with Gasteiger partial charge in [-0.1, -0.05) is 30.0 Å². The molecule has 124 valence electrons. The first-order valence-electron chi connectivity index (χ1n) is 7.52. The summed E-state index contributed by atoms with van der Waals surface area (Å²) in [5, 5.41) is 14.5. The van der Waals surface area contributed by atoms with E-state index < -0.39 is 0 Å². The first kappa shape index (κ1) is 16.3. The molecule has 0 bridgehead atoms. The van der Waals surface area contributed by atoms with Crippen molar-refractivity contribution in [3.8, 4) is 5.69 Å². The summed E-state index contributed by atoms with van der Waals surface area (Å²) in [5.41, 5.74) is 3.01. The minimum absolute atomic E-state index is 0.0595. The second-order valence-corrected chi connectivity index (χ2v) is 6.27. The number of nitrogens with zero attached hydrogens (tertiary/aromatic N) is 4. The molecule has 0 aliphatic rings. The largest absolute Gasteiger partial charge is 0.349 e. The molecule has 24 heavy (non-hydrogen) atoms. The molecule has 0 saturated carbocycles. The van der Waals surface area contributed by atoms with Gasteiger partial charge in [-0.25, -0.2) is 9.67 Å². The van der Waals surface area contributed by atoms with Crippen LogP contribution in [0.15, 0.2) is 48.0 Å². The molecule has 1 amide bonds. The van der Waals surface area contributed by atoms with Gasteiger partial charge in [0.05, 0.1) is 23.7 Å². The smallest absolute Gasteiger partial charge is 0.230 e. The standard InChI is InChI=1S/C16H18N6OS/c1-11(20-15(23)9-24-16-17-10-18-21-16)14-8-19-22(12(14)2)13-6-4-3-5-7-13/h3-8,10-11H,9H2,1-2H3,(H,20,23)(H,17,18,21). The molecular weight excluding hydrogens is 324 g/mol.